The fourth-order valence-corrected chi connectivity index (χ4v) is 3.91. The molecule has 142 valence electrons. The number of hydrogen-bond donors (Lipinski definition) is 0. The number of imidazole rings is 1. The van der Waals surface area contributed by atoms with Gasteiger partial charge in [-0.05, 0) is 36.8 Å². The highest BCUT2D eigenvalue weighted by Crippen LogP contribution is 2.36. The fourth-order valence-electron chi connectivity index (χ4n) is 3.49. The number of carbonyl (C=O) groups is 1. The maximum absolute atomic E-state index is 11.0. The first-order valence-electron chi connectivity index (χ1n) is 8.94. The van der Waals surface area contributed by atoms with E-state index in [1.54, 1.807) is 0 Å². The zero-order valence-corrected chi connectivity index (χ0v) is 16.7. The summed E-state index contributed by atoms with van der Waals surface area (Å²) in [5, 5.41) is 0. The van der Waals surface area contributed by atoms with Crippen LogP contribution in [0.1, 0.15) is 19.2 Å². The smallest absolute Gasteiger partial charge is 0.303 e. The quantitative estimate of drug-likeness (QED) is 0.436. The number of carbonyl (C=O) groups excluding carboxylic acids is 1. The van der Waals surface area contributed by atoms with E-state index in [9.17, 15) is 4.79 Å². The fraction of sp³-hybridized carbons (Fsp3) is 0.250. The van der Waals surface area contributed by atoms with Gasteiger partial charge < -0.3 is 18.5 Å². The second-order valence-corrected chi connectivity index (χ2v) is 7.55. The Kier molecular flexibility index (Phi) is 4.08. The van der Waals surface area contributed by atoms with Crippen LogP contribution < -0.4 is 4.74 Å². The largest absolute Gasteiger partial charge is 0.491 e. The van der Waals surface area contributed by atoms with Crippen LogP contribution >= 0.6 is 15.9 Å². The average Bonchev–Trinajstić information content (AvgIpc) is 3.16. The average molecular weight is 442 g/mol. The highest BCUT2D eigenvalue weighted by Gasteiger charge is 2.20. The van der Waals surface area contributed by atoms with E-state index in [1.165, 1.54) is 6.92 Å². The summed E-state index contributed by atoms with van der Waals surface area (Å²) >= 11 is 3.54. The number of aryl methyl sites for hydroxylation is 1. The highest BCUT2D eigenvalue weighted by atomic mass is 79.9. The molecule has 0 amide bonds. The molecule has 7 nitrogen and oxygen atoms in total. The van der Waals surface area contributed by atoms with Crippen LogP contribution in [0.4, 0.5) is 0 Å². The molecular formula is C20H16BrN3O4. The van der Waals surface area contributed by atoms with E-state index in [-0.39, 0.29) is 12.6 Å². The second-order valence-electron chi connectivity index (χ2n) is 6.63. The number of esters is 1. The maximum Gasteiger partial charge on any atom is 0.303 e. The lowest BCUT2D eigenvalue weighted by atomic mass is 10.2. The summed E-state index contributed by atoms with van der Waals surface area (Å²) < 4.78 is 19.7. The molecule has 0 spiro atoms. The van der Waals surface area contributed by atoms with Crippen LogP contribution in [0.15, 0.2) is 39.2 Å². The number of halogens is 1. The van der Waals surface area contributed by atoms with Crippen molar-refractivity contribution in [3.63, 3.8) is 0 Å². The zero-order chi connectivity index (χ0) is 19.3. The number of aromatic nitrogens is 3. The molecule has 3 heterocycles. The molecule has 2 aromatic heterocycles. The molecule has 0 aliphatic carbocycles. The number of fused-ring (bicyclic) bond motifs is 1. The van der Waals surface area contributed by atoms with Gasteiger partial charge in [-0.3, -0.25) is 4.79 Å². The van der Waals surface area contributed by atoms with Crippen molar-refractivity contribution in [2.75, 3.05) is 6.61 Å². The Bertz CT molecular complexity index is 1230. The van der Waals surface area contributed by atoms with E-state index in [2.05, 4.69) is 25.5 Å². The van der Waals surface area contributed by atoms with Crippen LogP contribution in [0.3, 0.4) is 0 Å². The molecule has 0 fully saturated rings. The minimum Gasteiger partial charge on any atom is -0.491 e. The summed E-state index contributed by atoms with van der Waals surface area (Å²) in [6, 6.07) is 9.76. The van der Waals surface area contributed by atoms with Gasteiger partial charge in [-0.1, -0.05) is 15.9 Å². The standard InChI is InChI=1S/C20H16BrN3O4/c1-11(25)27-10-18-22-14-7-12(3-4-16(14)28-18)20-23-15-8-13(21)9-17-19(15)24(20)5-2-6-26-17/h3-4,7-9H,2,5-6,10H2,1H3. The van der Waals surface area contributed by atoms with Crippen molar-refractivity contribution in [2.24, 2.45) is 0 Å². The first-order chi connectivity index (χ1) is 13.6. The first kappa shape index (κ1) is 17.2. The normalized spacial score (nSPS) is 13.5. The third-order valence-corrected chi connectivity index (χ3v) is 5.10. The van der Waals surface area contributed by atoms with Gasteiger partial charge in [-0.15, -0.1) is 0 Å². The monoisotopic (exact) mass is 441 g/mol. The Hall–Kier alpha value is -2.87. The predicted molar refractivity (Wildman–Crippen MR) is 106 cm³/mol. The summed E-state index contributed by atoms with van der Waals surface area (Å²) in [4.78, 5) is 20.3. The lowest BCUT2D eigenvalue weighted by Gasteiger charge is -2.06. The van der Waals surface area contributed by atoms with Gasteiger partial charge in [-0.25, -0.2) is 9.97 Å². The van der Waals surface area contributed by atoms with Crippen LogP contribution in [0.25, 0.3) is 33.5 Å². The molecule has 4 aromatic rings. The molecule has 0 saturated carbocycles. The molecule has 5 rings (SSSR count). The van der Waals surface area contributed by atoms with Crippen molar-refractivity contribution in [3.05, 3.63) is 40.7 Å². The summed E-state index contributed by atoms with van der Waals surface area (Å²) in [7, 11) is 0. The minimum atomic E-state index is -0.369. The summed E-state index contributed by atoms with van der Waals surface area (Å²) in [6.07, 6.45) is 0.906. The van der Waals surface area contributed by atoms with Crippen LogP contribution in [-0.4, -0.2) is 27.1 Å². The third-order valence-electron chi connectivity index (χ3n) is 4.64. The molecule has 0 unspecified atom stereocenters. The lowest BCUT2D eigenvalue weighted by Crippen LogP contribution is -2.01. The van der Waals surface area contributed by atoms with E-state index < -0.39 is 0 Å². The zero-order valence-electron chi connectivity index (χ0n) is 15.1. The molecule has 0 atom stereocenters. The van der Waals surface area contributed by atoms with E-state index >= 15 is 0 Å². The van der Waals surface area contributed by atoms with Crippen molar-refractivity contribution >= 4 is 44.0 Å². The van der Waals surface area contributed by atoms with Crippen LogP contribution in [0.2, 0.25) is 0 Å². The van der Waals surface area contributed by atoms with Crippen molar-refractivity contribution < 1.29 is 18.7 Å². The van der Waals surface area contributed by atoms with Gasteiger partial charge >= 0.3 is 5.97 Å². The Morgan fingerprint density at radius 2 is 2.14 bits per heavy atom. The molecule has 0 radical (unpaired) electrons. The van der Waals surface area contributed by atoms with E-state index in [1.807, 2.05) is 30.3 Å². The highest BCUT2D eigenvalue weighted by molar-refractivity contribution is 9.10. The summed E-state index contributed by atoms with van der Waals surface area (Å²) in [6.45, 7) is 2.88. The van der Waals surface area contributed by atoms with Gasteiger partial charge in [0.05, 0.1) is 12.1 Å². The van der Waals surface area contributed by atoms with Crippen molar-refractivity contribution in [2.45, 2.75) is 26.5 Å². The van der Waals surface area contributed by atoms with Gasteiger partial charge in [0.25, 0.3) is 0 Å². The van der Waals surface area contributed by atoms with E-state index in [4.69, 9.17) is 18.9 Å². The second kappa shape index (κ2) is 6.63. The summed E-state index contributed by atoms with van der Waals surface area (Å²) in [5.74, 6) is 1.71. The van der Waals surface area contributed by atoms with Gasteiger partial charge in [0.15, 0.2) is 12.2 Å². The number of rotatable bonds is 3. The van der Waals surface area contributed by atoms with Crippen LogP contribution in [0.5, 0.6) is 5.75 Å². The minimum absolute atomic E-state index is 0.0204. The van der Waals surface area contributed by atoms with Crippen LogP contribution in [-0.2, 0) is 22.7 Å². The van der Waals surface area contributed by atoms with Gasteiger partial charge in [0.1, 0.15) is 22.6 Å². The molecule has 0 saturated heterocycles. The maximum atomic E-state index is 11.0. The number of ether oxygens (including phenoxy) is 2. The molecule has 8 heteroatoms. The number of hydrogen-bond acceptors (Lipinski definition) is 6. The molecule has 0 bridgehead atoms. The van der Waals surface area contributed by atoms with Gasteiger partial charge in [-0.2, -0.15) is 0 Å². The van der Waals surface area contributed by atoms with Crippen molar-refractivity contribution in [3.8, 4) is 17.1 Å². The van der Waals surface area contributed by atoms with Gasteiger partial charge in [0.2, 0.25) is 5.89 Å². The van der Waals surface area contributed by atoms with E-state index in [0.717, 1.165) is 45.6 Å². The van der Waals surface area contributed by atoms with Crippen LogP contribution in [0, 0.1) is 0 Å². The number of nitrogens with zero attached hydrogens (tertiary/aromatic N) is 3. The molecule has 28 heavy (non-hydrogen) atoms. The van der Waals surface area contributed by atoms with Crippen molar-refractivity contribution in [1.82, 2.24) is 14.5 Å². The Morgan fingerprint density at radius 3 is 3.00 bits per heavy atom. The topological polar surface area (TPSA) is 79.4 Å². The Balaban J connectivity index is 1.62. The third kappa shape index (κ3) is 2.93. The Labute approximate surface area is 168 Å². The lowest BCUT2D eigenvalue weighted by molar-refractivity contribution is -0.142. The van der Waals surface area contributed by atoms with E-state index in [0.29, 0.717) is 23.6 Å². The predicted octanol–water partition coefficient (Wildman–Crippen LogP) is 4.45. The molecular weight excluding hydrogens is 426 g/mol. The van der Waals surface area contributed by atoms with Crippen molar-refractivity contribution in [1.29, 1.82) is 0 Å². The molecule has 1 aliphatic rings. The number of benzene rings is 2. The Morgan fingerprint density at radius 1 is 1.25 bits per heavy atom. The SMILES string of the molecule is CC(=O)OCc1nc2cc(-c3nc4cc(Br)cc5c4n3CCCO5)ccc2o1. The van der Waals surface area contributed by atoms with Gasteiger partial charge in [0, 0.05) is 23.5 Å². The molecule has 1 aliphatic heterocycles. The summed E-state index contributed by atoms with van der Waals surface area (Å²) in [5.41, 5.74) is 4.18. The first-order valence-corrected chi connectivity index (χ1v) is 9.73. The molecule has 0 N–H and O–H groups in total. The molecule has 2 aromatic carbocycles. The number of oxazole rings is 1.